The maximum atomic E-state index is 5.50. The first-order chi connectivity index (χ1) is 9.78. The number of ether oxygens (including phenoxy) is 2. The van der Waals surface area contributed by atoms with Gasteiger partial charge in [-0.2, -0.15) is 0 Å². The number of benzene rings is 1. The fourth-order valence-corrected chi connectivity index (χ4v) is 2.86. The molecule has 1 aliphatic heterocycles. The molecule has 1 atom stereocenters. The molecule has 1 heterocycles. The predicted octanol–water partition coefficient (Wildman–Crippen LogP) is 2.45. The molecule has 1 fully saturated rings. The first kappa shape index (κ1) is 15.1. The molecule has 0 saturated carbocycles. The summed E-state index contributed by atoms with van der Waals surface area (Å²) in [5.41, 5.74) is 1.17. The number of nitrogens with zero attached hydrogens (tertiary/aromatic N) is 1. The van der Waals surface area contributed by atoms with Crippen LogP contribution in [0.25, 0.3) is 0 Å². The van der Waals surface area contributed by atoms with Crippen LogP contribution in [0.15, 0.2) is 18.2 Å². The minimum Gasteiger partial charge on any atom is -0.497 e. The van der Waals surface area contributed by atoms with Crippen molar-refractivity contribution in [2.75, 3.05) is 40.9 Å². The van der Waals surface area contributed by atoms with Gasteiger partial charge in [0.05, 0.1) is 14.2 Å². The van der Waals surface area contributed by atoms with Crippen molar-refractivity contribution in [2.24, 2.45) is 0 Å². The molecule has 0 bridgehead atoms. The largest absolute Gasteiger partial charge is 0.497 e. The van der Waals surface area contributed by atoms with Crippen LogP contribution < -0.4 is 14.8 Å². The zero-order valence-corrected chi connectivity index (χ0v) is 12.8. The molecule has 1 unspecified atom stereocenters. The van der Waals surface area contributed by atoms with E-state index in [0.29, 0.717) is 0 Å². The van der Waals surface area contributed by atoms with E-state index in [1.54, 1.807) is 14.2 Å². The maximum Gasteiger partial charge on any atom is 0.123 e. The number of methoxy groups -OCH3 is 2. The van der Waals surface area contributed by atoms with Gasteiger partial charge in [-0.05, 0) is 51.2 Å². The smallest absolute Gasteiger partial charge is 0.123 e. The average Bonchev–Trinajstić information content (AvgIpc) is 2.53. The van der Waals surface area contributed by atoms with E-state index in [4.69, 9.17) is 9.47 Å². The summed E-state index contributed by atoms with van der Waals surface area (Å²) in [5.74, 6) is 1.79. The second-order valence-electron chi connectivity index (χ2n) is 5.31. The van der Waals surface area contributed by atoms with Crippen molar-refractivity contribution in [3.63, 3.8) is 0 Å². The Bertz CT molecular complexity index is 417. The average molecular weight is 278 g/mol. The lowest BCUT2D eigenvalue weighted by Gasteiger charge is -2.31. The Labute approximate surface area is 122 Å². The Morgan fingerprint density at radius 2 is 1.90 bits per heavy atom. The second kappa shape index (κ2) is 7.50. The van der Waals surface area contributed by atoms with E-state index < -0.39 is 0 Å². The number of rotatable bonds is 6. The number of hydrogen-bond acceptors (Lipinski definition) is 4. The third-order valence-corrected chi connectivity index (χ3v) is 4.05. The standard InChI is InChI=1S/C16H26N2O2/c1-17-15(12-18-9-5-4-6-10-18)14-11-13(19-2)7-8-16(14)20-3/h7-8,11,15,17H,4-6,9-10,12H2,1-3H3. The molecule has 1 aromatic carbocycles. The first-order valence-electron chi connectivity index (χ1n) is 7.40. The van der Waals surface area contributed by atoms with Crippen LogP contribution in [0.3, 0.4) is 0 Å². The second-order valence-corrected chi connectivity index (χ2v) is 5.31. The van der Waals surface area contributed by atoms with Crippen LogP contribution in [-0.4, -0.2) is 45.8 Å². The van der Waals surface area contributed by atoms with Crippen LogP contribution in [0.1, 0.15) is 30.9 Å². The molecule has 0 aliphatic carbocycles. The summed E-state index contributed by atoms with van der Waals surface area (Å²) >= 11 is 0. The van der Waals surface area contributed by atoms with Gasteiger partial charge in [-0.15, -0.1) is 0 Å². The van der Waals surface area contributed by atoms with Crippen molar-refractivity contribution in [1.29, 1.82) is 0 Å². The van der Waals surface area contributed by atoms with Crippen LogP contribution in [0.5, 0.6) is 11.5 Å². The van der Waals surface area contributed by atoms with E-state index in [-0.39, 0.29) is 6.04 Å². The van der Waals surface area contributed by atoms with Crippen molar-refractivity contribution >= 4 is 0 Å². The minimum absolute atomic E-state index is 0.262. The topological polar surface area (TPSA) is 33.7 Å². The molecule has 0 amide bonds. The molecule has 1 saturated heterocycles. The maximum absolute atomic E-state index is 5.50. The van der Waals surface area contributed by atoms with E-state index in [1.807, 2.05) is 19.2 Å². The van der Waals surface area contributed by atoms with Gasteiger partial charge in [0.15, 0.2) is 0 Å². The number of likely N-dealkylation sites (tertiary alicyclic amines) is 1. The van der Waals surface area contributed by atoms with Crippen LogP contribution in [0.2, 0.25) is 0 Å². The molecule has 112 valence electrons. The highest BCUT2D eigenvalue weighted by atomic mass is 16.5. The van der Waals surface area contributed by atoms with E-state index in [1.165, 1.54) is 37.9 Å². The molecule has 4 heteroatoms. The molecule has 20 heavy (non-hydrogen) atoms. The van der Waals surface area contributed by atoms with Gasteiger partial charge in [0.25, 0.3) is 0 Å². The van der Waals surface area contributed by atoms with E-state index in [9.17, 15) is 0 Å². The third kappa shape index (κ3) is 3.64. The lowest BCUT2D eigenvalue weighted by Crippen LogP contribution is -2.37. The van der Waals surface area contributed by atoms with E-state index in [0.717, 1.165) is 18.0 Å². The summed E-state index contributed by atoms with van der Waals surface area (Å²) in [6.45, 7) is 3.41. The Kier molecular flexibility index (Phi) is 5.68. The molecule has 1 N–H and O–H groups in total. The fourth-order valence-electron chi connectivity index (χ4n) is 2.86. The molecule has 4 nitrogen and oxygen atoms in total. The van der Waals surface area contributed by atoms with Gasteiger partial charge in [-0.3, -0.25) is 0 Å². The number of nitrogens with one attached hydrogen (secondary N) is 1. The number of likely N-dealkylation sites (N-methyl/N-ethyl adjacent to an activating group) is 1. The third-order valence-electron chi connectivity index (χ3n) is 4.05. The molecule has 0 radical (unpaired) electrons. The molecular weight excluding hydrogens is 252 g/mol. The molecule has 0 aromatic heterocycles. The Morgan fingerprint density at radius 3 is 2.50 bits per heavy atom. The van der Waals surface area contributed by atoms with Gasteiger partial charge in [0.1, 0.15) is 11.5 Å². The van der Waals surface area contributed by atoms with E-state index >= 15 is 0 Å². The van der Waals surface area contributed by atoms with Crippen molar-refractivity contribution in [3.05, 3.63) is 23.8 Å². The van der Waals surface area contributed by atoms with Gasteiger partial charge in [-0.1, -0.05) is 6.42 Å². The zero-order chi connectivity index (χ0) is 14.4. The van der Waals surface area contributed by atoms with Crippen molar-refractivity contribution in [3.8, 4) is 11.5 Å². The molecule has 2 rings (SSSR count). The Hall–Kier alpha value is -1.26. The fraction of sp³-hybridized carbons (Fsp3) is 0.625. The van der Waals surface area contributed by atoms with Gasteiger partial charge in [-0.25, -0.2) is 0 Å². The monoisotopic (exact) mass is 278 g/mol. The quantitative estimate of drug-likeness (QED) is 0.866. The normalized spacial score (nSPS) is 17.8. The van der Waals surface area contributed by atoms with Crippen molar-refractivity contribution in [1.82, 2.24) is 10.2 Å². The molecule has 0 spiro atoms. The van der Waals surface area contributed by atoms with Crippen LogP contribution in [0.4, 0.5) is 0 Å². The van der Waals surface area contributed by atoms with Crippen LogP contribution in [-0.2, 0) is 0 Å². The van der Waals surface area contributed by atoms with Gasteiger partial charge >= 0.3 is 0 Å². The highest BCUT2D eigenvalue weighted by Gasteiger charge is 2.20. The summed E-state index contributed by atoms with van der Waals surface area (Å²) in [5, 5.41) is 3.41. The SMILES string of the molecule is CNC(CN1CCCCC1)c1cc(OC)ccc1OC. The highest BCUT2D eigenvalue weighted by Crippen LogP contribution is 2.30. The lowest BCUT2D eigenvalue weighted by atomic mass is 10.0. The van der Waals surface area contributed by atoms with Crippen LogP contribution in [0, 0.1) is 0 Å². The first-order valence-corrected chi connectivity index (χ1v) is 7.40. The van der Waals surface area contributed by atoms with Crippen molar-refractivity contribution < 1.29 is 9.47 Å². The van der Waals surface area contributed by atoms with Crippen molar-refractivity contribution in [2.45, 2.75) is 25.3 Å². The summed E-state index contributed by atoms with van der Waals surface area (Å²) < 4.78 is 10.8. The predicted molar refractivity (Wildman–Crippen MR) is 81.6 cm³/mol. The van der Waals surface area contributed by atoms with Gasteiger partial charge < -0.3 is 19.7 Å². The van der Waals surface area contributed by atoms with Crippen LogP contribution >= 0.6 is 0 Å². The number of hydrogen-bond donors (Lipinski definition) is 1. The highest BCUT2D eigenvalue weighted by molar-refractivity contribution is 5.42. The summed E-state index contributed by atoms with van der Waals surface area (Å²) in [7, 11) is 5.43. The minimum atomic E-state index is 0.262. The Morgan fingerprint density at radius 1 is 1.15 bits per heavy atom. The molecular formula is C16H26N2O2. The van der Waals surface area contributed by atoms with E-state index in [2.05, 4.69) is 16.3 Å². The summed E-state index contributed by atoms with van der Waals surface area (Å²) in [6.07, 6.45) is 3.99. The Balaban J connectivity index is 2.16. The zero-order valence-electron chi connectivity index (χ0n) is 12.8. The lowest BCUT2D eigenvalue weighted by molar-refractivity contribution is 0.207. The molecule has 1 aromatic rings. The summed E-state index contributed by atoms with van der Waals surface area (Å²) in [6, 6.07) is 6.26. The number of piperidine rings is 1. The summed E-state index contributed by atoms with van der Waals surface area (Å²) in [4.78, 5) is 2.53. The van der Waals surface area contributed by atoms with Gasteiger partial charge in [0.2, 0.25) is 0 Å². The molecule has 1 aliphatic rings. The van der Waals surface area contributed by atoms with Gasteiger partial charge in [0, 0.05) is 18.2 Å².